The first-order chi connectivity index (χ1) is 9.77. The standard InChI is InChI=1S/C13H16N4O3S/c1-13(2,3)17-6-8(4-15-17)11(18)14-5-10-16-9(7-21-10)12(19)20/h4,6-7H,5H2,1-3H3,(H,14,18)(H,19,20). The van der Waals surface area contributed by atoms with Crippen molar-refractivity contribution >= 4 is 23.2 Å². The van der Waals surface area contributed by atoms with Crippen LogP contribution >= 0.6 is 11.3 Å². The molecule has 0 atom stereocenters. The fraction of sp³-hybridized carbons (Fsp3) is 0.385. The largest absolute Gasteiger partial charge is 0.476 e. The van der Waals surface area contributed by atoms with Gasteiger partial charge in [0.2, 0.25) is 0 Å². The molecule has 0 bridgehead atoms. The van der Waals surface area contributed by atoms with Crippen LogP contribution in [0.25, 0.3) is 0 Å². The van der Waals surface area contributed by atoms with E-state index in [4.69, 9.17) is 5.11 Å². The first-order valence-corrected chi connectivity index (χ1v) is 7.16. The predicted molar refractivity (Wildman–Crippen MR) is 77.5 cm³/mol. The van der Waals surface area contributed by atoms with Crippen LogP contribution in [0.2, 0.25) is 0 Å². The van der Waals surface area contributed by atoms with Gasteiger partial charge in [0.25, 0.3) is 5.91 Å². The normalized spacial score (nSPS) is 11.4. The molecule has 2 rings (SSSR count). The number of carbonyl (C=O) groups excluding carboxylic acids is 1. The molecular formula is C13H16N4O3S. The first kappa shape index (κ1) is 15.2. The van der Waals surface area contributed by atoms with Crippen LogP contribution in [0.5, 0.6) is 0 Å². The van der Waals surface area contributed by atoms with Crippen LogP contribution in [0.3, 0.4) is 0 Å². The Bertz CT molecular complexity index is 669. The molecule has 2 N–H and O–H groups in total. The maximum absolute atomic E-state index is 12.0. The third kappa shape index (κ3) is 3.66. The predicted octanol–water partition coefficient (Wildman–Crippen LogP) is 1.72. The maximum atomic E-state index is 12.0. The second kappa shape index (κ2) is 5.65. The molecule has 0 aromatic carbocycles. The number of thiazole rings is 1. The van der Waals surface area contributed by atoms with Gasteiger partial charge in [-0.1, -0.05) is 0 Å². The van der Waals surface area contributed by atoms with Crippen molar-refractivity contribution in [2.24, 2.45) is 0 Å². The minimum absolute atomic E-state index is 0.00944. The Morgan fingerprint density at radius 1 is 1.43 bits per heavy atom. The third-order valence-corrected chi connectivity index (χ3v) is 3.55. The SMILES string of the molecule is CC(C)(C)n1cc(C(=O)NCc2nc(C(=O)O)cs2)cn1. The number of nitrogens with one attached hydrogen (secondary N) is 1. The van der Waals surface area contributed by atoms with E-state index < -0.39 is 5.97 Å². The highest BCUT2D eigenvalue weighted by Gasteiger charge is 2.17. The van der Waals surface area contributed by atoms with Crippen molar-refractivity contribution in [3.05, 3.63) is 34.0 Å². The molecule has 0 aliphatic heterocycles. The highest BCUT2D eigenvalue weighted by molar-refractivity contribution is 7.09. The van der Waals surface area contributed by atoms with Crippen molar-refractivity contribution in [1.29, 1.82) is 0 Å². The molecule has 2 aromatic rings. The van der Waals surface area contributed by atoms with Crippen LogP contribution in [0.15, 0.2) is 17.8 Å². The van der Waals surface area contributed by atoms with Gasteiger partial charge in [0.05, 0.1) is 23.8 Å². The number of hydrogen-bond acceptors (Lipinski definition) is 5. The molecule has 0 radical (unpaired) electrons. The molecular weight excluding hydrogens is 292 g/mol. The van der Waals surface area contributed by atoms with Crippen molar-refractivity contribution in [2.75, 3.05) is 0 Å². The van der Waals surface area contributed by atoms with Gasteiger partial charge in [-0.2, -0.15) is 5.10 Å². The molecule has 0 spiro atoms. The van der Waals surface area contributed by atoms with Crippen LogP contribution in [0, 0.1) is 0 Å². The summed E-state index contributed by atoms with van der Waals surface area (Å²) in [5.74, 6) is -1.34. The molecule has 0 saturated heterocycles. The topological polar surface area (TPSA) is 97.1 Å². The minimum atomic E-state index is -1.07. The van der Waals surface area contributed by atoms with E-state index in [1.54, 1.807) is 10.9 Å². The summed E-state index contributed by atoms with van der Waals surface area (Å²) < 4.78 is 1.72. The summed E-state index contributed by atoms with van der Waals surface area (Å²) in [5, 5.41) is 17.6. The van der Waals surface area contributed by atoms with Gasteiger partial charge in [0.15, 0.2) is 5.69 Å². The van der Waals surface area contributed by atoms with E-state index in [-0.39, 0.29) is 23.7 Å². The molecule has 2 aromatic heterocycles. The fourth-order valence-electron chi connectivity index (χ4n) is 1.56. The Morgan fingerprint density at radius 3 is 2.67 bits per heavy atom. The lowest BCUT2D eigenvalue weighted by Crippen LogP contribution is -2.24. The number of hydrogen-bond donors (Lipinski definition) is 2. The summed E-state index contributed by atoms with van der Waals surface area (Å²) in [6, 6.07) is 0. The third-order valence-electron chi connectivity index (χ3n) is 2.70. The number of nitrogens with zero attached hydrogens (tertiary/aromatic N) is 3. The molecule has 0 fully saturated rings. The summed E-state index contributed by atoms with van der Waals surface area (Å²) >= 11 is 1.20. The Balaban J connectivity index is 1.98. The monoisotopic (exact) mass is 308 g/mol. The average Bonchev–Trinajstić information content (AvgIpc) is 3.04. The van der Waals surface area contributed by atoms with Crippen molar-refractivity contribution in [3.8, 4) is 0 Å². The Labute approximate surface area is 125 Å². The van der Waals surface area contributed by atoms with Gasteiger partial charge in [-0.3, -0.25) is 9.48 Å². The quantitative estimate of drug-likeness (QED) is 0.896. The molecule has 112 valence electrons. The van der Waals surface area contributed by atoms with E-state index in [1.165, 1.54) is 22.9 Å². The summed E-state index contributed by atoms with van der Waals surface area (Å²) in [6.45, 7) is 6.16. The molecule has 0 saturated carbocycles. The molecule has 0 unspecified atom stereocenters. The van der Waals surface area contributed by atoms with Crippen LogP contribution in [0.1, 0.15) is 46.6 Å². The Morgan fingerprint density at radius 2 is 2.14 bits per heavy atom. The van der Waals surface area contributed by atoms with E-state index in [9.17, 15) is 9.59 Å². The van der Waals surface area contributed by atoms with E-state index in [1.807, 2.05) is 20.8 Å². The van der Waals surface area contributed by atoms with Gasteiger partial charge in [-0.05, 0) is 20.8 Å². The van der Waals surface area contributed by atoms with Crippen LogP contribution < -0.4 is 5.32 Å². The lowest BCUT2D eigenvalue weighted by atomic mass is 10.1. The molecule has 1 amide bonds. The molecule has 7 nitrogen and oxygen atoms in total. The second-order valence-electron chi connectivity index (χ2n) is 5.46. The fourth-order valence-corrected chi connectivity index (χ4v) is 2.26. The molecule has 21 heavy (non-hydrogen) atoms. The Hall–Kier alpha value is -2.22. The van der Waals surface area contributed by atoms with Gasteiger partial charge in [-0.25, -0.2) is 9.78 Å². The van der Waals surface area contributed by atoms with Gasteiger partial charge in [0, 0.05) is 11.6 Å². The summed E-state index contributed by atoms with van der Waals surface area (Å²) in [6.07, 6.45) is 3.19. The summed E-state index contributed by atoms with van der Waals surface area (Å²) in [4.78, 5) is 26.6. The number of amides is 1. The van der Waals surface area contributed by atoms with Gasteiger partial charge >= 0.3 is 5.97 Å². The van der Waals surface area contributed by atoms with Crippen LogP contribution in [0.4, 0.5) is 0 Å². The number of carboxylic acid groups (broad SMARTS) is 1. The zero-order valence-corrected chi connectivity index (χ0v) is 12.8. The number of carbonyl (C=O) groups is 2. The number of carboxylic acids is 1. The smallest absolute Gasteiger partial charge is 0.355 e. The van der Waals surface area contributed by atoms with Crippen molar-refractivity contribution in [1.82, 2.24) is 20.1 Å². The maximum Gasteiger partial charge on any atom is 0.355 e. The second-order valence-corrected chi connectivity index (χ2v) is 6.40. The van der Waals surface area contributed by atoms with E-state index in [0.29, 0.717) is 10.6 Å². The van der Waals surface area contributed by atoms with Crippen molar-refractivity contribution in [2.45, 2.75) is 32.9 Å². The number of aromatic nitrogens is 3. The van der Waals surface area contributed by atoms with Crippen LogP contribution in [-0.2, 0) is 12.1 Å². The average molecular weight is 308 g/mol. The number of aromatic carboxylic acids is 1. The number of rotatable bonds is 4. The van der Waals surface area contributed by atoms with E-state index in [0.717, 1.165) is 0 Å². The summed E-state index contributed by atoms with van der Waals surface area (Å²) in [7, 11) is 0. The lowest BCUT2D eigenvalue weighted by Gasteiger charge is -2.18. The van der Waals surface area contributed by atoms with Gasteiger partial charge in [-0.15, -0.1) is 11.3 Å². The minimum Gasteiger partial charge on any atom is -0.476 e. The van der Waals surface area contributed by atoms with Crippen molar-refractivity contribution in [3.63, 3.8) is 0 Å². The Kier molecular flexibility index (Phi) is 4.08. The van der Waals surface area contributed by atoms with Gasteiger partial charge < -0.3 is 10.4 Å². The van der Waals surface area contributed by atoms with E-state index >= 15 is 0 Å². The van der Waals surface area contributed by atoms with Crippen molar-refractivity contribution < 1.29 is 14.7 Å². The highest BCUT2D eigenvalue weighted by Crippen LogP contribution is 2.13. The molecule has 2 heterocycles. The molecule has 0 aliphatic rings. The summed E-state index contributed by atoms with van der Waals surface area (Å²) in [5.41, 5.74) is 0.259. The van der Waals surface area contributed by atoms with E-state index in [2.05, 4.69) is 15.4 Å². The molecule has 8 heteroatoms. The highest BCUT2D eigenvalue weighted by atomic mass is 32.1. The first-order valence-electron chi connectivity index (χ1n) is 6.28. The zero-order chi connectivity index (χ0) is 15.6. The van der Waals surface area contributed by atoms with Gasteiger partial charge in [0.1, 0.15) is 5.01 Å². The molecule has 0 aliphatic carbocycles. The van der Waals surface area contributed by atoms with Crippen LogP contribution in [-0.4, -0.2) is 31.7 Å². The lowest BCUT2D eigenvalue weighted by molar-refractivity contribution is 0.0691. The zero-order valence-electron chi connectivity index (χ0n) is 12.0.